The molecule has 1 aliphatic rings. The summed E-state index contributed by atoms with van der Waals surface area (Å²) in [4.78, 5) is 19.0. The number of nitrogens with two attached hydrogens (primary N) is 1. The number of carbonyl (C=O) groups is 1. The van der Waals surface area contributed by atoms with Crippen molar-refractivity contribution >= 4 is 34.2 Å². The quantitative estimate of drug-likeness (QED) is 0.768. The van der Waals surface area contributed by atoms with Gasteiger partial charge in [0.15, 0.2) is 0 Å². The van der Waals surface area contributed by atoms with Gasteiger partial charge in [-0.05, 0) is 43.2 Å². The standard InChI is InChI=1S/C20H21ClN4O/c1-12-9-15(20(22)26)14-5-3-4-6-17(14)25(12)11-19-23-16-10-13(21)7-8-18(16)24(19)2/h3-8,10,12,15H,9,11H2,1-2H3,(H2,22,26)/t12-,15-/m1/s1. The molecule has 26 heavy (non-hydrogen) atoms. The molecule has 0 radical (unpaired) electrons. The van der Waals surface area contributed by atoms with E-state index < -0.39 is 0 Å². The van der Waals surface area contributed by atoms with Crippen LogP contribution in [0.25, 0.3) is 11.0 Å². The van der Waals surface area contributed by atoms with Gasteiger partial charge in [-0.15, -0.1) is 0 Å². The predicted octanol–water partition coefficient (Wildman–Crippen LogP) is 3.59. The lowest BCUT2D eigenvalue weighted by molar-refractivity contribution is -0.119. The van der Waals surface area contributed by atoms with Crippen molar-refractivity contribution in [3.05, 3.63) is 58.9 Å². The Hall–Kier alpha value is -2.53. The minimum absolute atomic E-state index is 0.186. The van der Waals surface area contributed by atoms with Crippen molar-refractivity contribution in [3.8, 4) is 0 Å². The first-order valence-corrected chi connectivity index (χ1v) is 9.09. The number of anilines is 1. The maximum atomic E-state index is 11.9. The van der Waals surface area contributed by atoms with Crippen LogP contribution in [-0.4, -0.2) is 21.5 Å². The van der Waals surface area contributed by atoms with Crippen LogP contribution >= 0.6 is 11.6 Å². The number of rotatable bonds is 3. The molecule has 0 saturated carbocycles. The molecule has 2 N–H and O–H groups in total. The summed E-state index contributed by atoms with van der Waals surface area (Å²) in [6.07, 6.45) is 0.710. The second-order valence-electron chi connectivity index (χ2n) is 6.95. The monoisotopic (exact) mass is 368 g/mol. The van der Waals surface area contributed by atoms with Crippen LogP contribution in [0.2, 0.25) is 5.02 Å². The van der Waals surface area contributed by atoms with Crippen LogP contribution in [0.15, 0.2) is 42.5 Å². The zero-order chi connectivity index (χ0) is 18.4. The average molecular weight is 369 g/mol. The van der Waals surface area contributed by atoms with Crippen LogP contribution in [0.1, 0.15) is 30.7 Å². The molecule has 1 aromatic heterocycles. The Labute approximate surface area is 157 Å². The van der Waals surface area contributed by atoms with E-state index in [4.69, 9.17) is 22.3 Å². The fourth-order valence-corrected chi connectivity index (χ4v) is 4.07. The van der Waals surface area contributed by atoms with Crippen molar-refractivity contribution in [1.82, 2.24) is 9.55 Å². The number of fused-ring (bicyclic) bond motifs is 2. The lowest BCUT2D eigenvalue weighted by Gasteiger charge is -2.39. The van der Waals surface area contributed by atoms with Gasteiger partial charge in [0.25, 0.3) is 0 Å². The normalized spacial score (nSPS) is 19.6. The van der Waals surface area contributed by atoms with Crippen LogP contribution < -0.4 is 10.6 Å². The van der Waals surface area contributed by atoms with E-state index in [9.17, 15) is 4.79 Å². The third-order valence-electron chi connectivity index (χ3n) is 5.32. The number of primary amides is 1. The summed E-state index contributed by atoms with van der Waals surface area (Å²) in [7, 11) is 2.02. The molecule has 2 atom stereocenters. The summed E-state index contributed by atoms with van der Waals surface area (Å²) < 4.78 is 2.10. The highest BCUT2D eigenvalue weighted by Gasteiger charge is 2.33. The molecule has 3 aromatic rings. The smallest absolute Gasteiger partial charge is 0.225 e. The molecule has 0 bridgehead atoms. The van der Waals surface area contributed by atoms with E-state index in [1.807, 2.05) is 43.4 Å². The van der Waals surface area contributed by atoms with Gasteiger partial charge in [-0.2, -0.15) is 0 Å². The van der Waals surface area contributed by atoms with E-state index in [0.29, 0.717) is 18.0 Å². The Balaban J connectivity index is 1.75. The van der Waals surface area contributed by atoms with Crippen LogP contribution in [0.3, 0.4) is 0 Å². The highest BCUT2D eigenvalue weighted by molar-refractivity contribution is 6.31. The molecule has 2 heterocycles. The molecule has 2 aromatic carbocycles. The Morgan fingerprint density at radius 2 is 2.08 bits per heavy atom. The molecule has 0 saturated heterocycles. The Kier molecular flexibility index (Phi) is 4.11. The van der Waals surface area contributed by atoms with Crippen molar-refractivity contribution in [2.24, 2.45) is 12.8 Å². The SMILES string of the molecule is C[C@@H]1C[C@@H](C(N)=O)c2ccccc2N1Cc1nc2cc(Cl)ccc2n1C. The van der Waals surface area contributed by atoms with Crippen LogP contribution in [-0.2, 0) is 18.4 Å². The number of hydrogen-bond donors (Lipinski definition) is 1. The first-order chi connectivity index (χ1) is 12.5. The number of aromatic nitrogens is 2. The molecule has 0 aliphatic carbocycles. The number of aryl methyl sites for hydroxylation is 1. The van der Waals surface area contributed by atoms with Crippen LogP contribution in [0, 0.1) is 0 Å². The van der Waals surface area contributed by atoms with Gasteiger partial charge in [-0.3, -0.25) is 4.79 Å². The third-order valence-corrected chi connectivity index (χ3v) is 5.56. The molecule has 1 amide bonds. The lowest BCUT2D eigenvalue weighted by atomic mass is 9.85. The van der Waals surface area contributed by atoms with Gasteiger partial charge in [0.1, 0.15) is 5.82 Å². The third kappa shape index (κ3) is 2.72. The minimum Gasteiger partial charge on any atom is -0.369 e. The number of hydrogen-bond acceptors (Lipinski definition) is 3. The predicted molar refractivity (Wildman–Crippen MR) is 104 cm³/mol. The Morgan fingerprint density at radius 1 is 1.31 bits per heavy atom. The number of imidazole rings is 1. The molecule has 0 fully saturated rings. The lowest BCUT2D eigenvalue weighted by Crippen LogP contribution is -2.41. The van der Waals surface area contributed by atoms with Crippen molar-refractivity contribution in [2.45, 2.75) is 31.8 Å². The summed E-state index contributed by atoms with van der Waals surface area (Å²) in [5.74, 6) is 0.458. The molecule has 5 nitrogen and oxygen atoms in total. The highest BCUT2D eigenvalue weighted by Crippen LogP contribution is 2.39. The van der Waals surface area contributed by atoms with Gasteiger partial charge >= 0.3 is 0 Å². The zero-order valence-corrected chi connectivity index (χ0v) is 15.6. The fourth-order valence-electron chi connectivity index (χ4n) is 3.90. The van der Waals surface area contributed by atoms with E-state index in [1.54, 1.807) is 0 Å². The van der Waals surface area contributed by atoms with Gasteiger partial charge < -0.3 is 15.2 Å². The molecule has 1 aliphatic heterocycles. The van der Waals surface area contributed by atoms with Crippen molar-refractivity contribution in [1.29, 1.82) is 0 Å². The number of amides is 1. The van der Waals surface area contributed by atoms with Gasteiger partial charge in [0.05, 0.1) is 23.5 Å². The summed E-state index contributed by atoms with van der Waals surface area (Å²) >= 11 is 6.10. The summed E-state index contributed by atoms with van der Waals surface area (Å²) in [5, 5.41) is 0.683. The van der Waals surface area contributed by atoms with Crippen LogP contribution in [0.4, 0.5) is 5.69 Å². The largest absolute Gasteiger partial charge is 0.369 e. The first-order valence-electron chi connectivity index (χ1n) is 8.71. The molecular weight excluding hydrogens is 348 g/mol. The van der Waals surface area contributed by atoms with Crippen molar-refractivity contribution < 1.29 is 4.79 Å². The van der Waals surface area contributed by atoms with E-state index >= 15 is 0 Å². The van der Waals surface area contributed by atoms with Gasteiger partial charge in [0, 0.05) is 23.8 Å². The van der Waals surface area contributed by atoms with Crippen molar-refractivity contribution in [3.63, 3.8) is 0 Å². The Morgan fingerprint density at radius 3 is 2.85 bits per heavy atom. The first kappa shape index (κ1) is 16.9. The number of para-hydroxylation sites is 1. The maximum Gasteiger partial charge on any atom is 0.225 e. The highest BCUT2D eigenvalue weighted by atomic mass is 35.5. The van der Waals surface area contributed by atoms with E-state index in [0.717, 1.165) is 28.1 Å². The second-order valence-corrected chi connectivity index (χ2v) is 7.38. The second kappa shape index (κ2) is 6.32. The van der Waals surface area contributed by atoms with Gasteiger partial charge in [0.2, 0.25) is 5.91 Å². The maximum absolute atomic E-state index is 11.9. The molecule has 6 heteroatoms. The molecule has 4 rings (SSSR count). The minimum atomic E-state index is -0.263. The van der Waals surface area contributed by atoms with Gasteiger partial charge in [-0.25, -0.2) is 4.98 Å². The van der Waals surface area contributed by atoms with Crippen LogP contribution in [0.5, 0.6) is 0 Å². The van der Waals surface area contributed by atoms with Crippen molar-refractivity contribution in [2.75, 3.05) is 4.90 Å². The topological polar surface area (TPSA) is 64.2 Å². The molecule has 0 unspecified atom stereocenters. The number of benzene rings is 2. The fraction of sp³-hybridized carbons (Fsp3) is 0.300. The van der Waals surface area contributed by atoms with E-state index in [-0.39, 0.29) is 17.9 Å². The zero-order valence-electron chi connectivity index (χ0n) is 14.8. The number of carbonyl (C=O) groups excluding carboxylic acids is 1. The van der Waals surface area contributed by atoms with Gasteiger partial charge in [-0.1, -0.05) is 29.8 Å². The summed E-state index contributed by atoms with van der Waals surface area (Å²) in [6.45, 7) is 2.79. The average Bonchev–Trinajstić information content (AvgIpc) is 2.92. The molecule has 134 valence electrons. The van der Waals surface area contributed by atoms with E-state index in [2.05, 4.69) is 22.5 Å². The number of nitrogens with zero attached hydrogens (tertiary/aromatic N) is 3. The summed E-state index contributed by atoms with van der Waals surface area (Å²) in [6, 6.07) is 14.0. The number of halogens is 1. The summed E-state index contributed by atoms with van der Waals surface area (Å²) in [5.41, 5.74) is 9.65. The Bertz CT molecular complexity index is 997. The molecule has 0 spiro atoms. The molecular formula is C20H21ClN4O. The van der Waals surface area contributed by atoms with E-state index in [1.165, 1.54) is 0 Å².